The van der Waals surface area contributed by atoms with Crippen LogP contribution in [0.25, 0.3) is 21.0 Å². The maximum absolute atomic E-state index is 14.8. The van der Waals surface area contributed by atoms with Gasteiger partial charge in [0.15, 0.2) is 0 Å². The first-order chi connectivity index (χ1) is 16.0. The first kappa shape index (κ1) is 22.5. The van der Waals surface area contributed by atoms with Crippen LogP contribution in [0.2, 0.25) is 0 Å². The molecule has 1 amide bonds. The molecule has 3 N–H and O–H groups in total. The van der Waals surface area contributed by atoms with Crippen molar-refractivity contribution in [2.45, 2.75) is 12.5 Å². The summed E-state index contributed by atoms with van der Waals surface area (Å²) in [4.78, 5) is 21.8. The second-order valence-electron chi connectivity index (χ2n) is 7.23. The number of halogens is 2. The fourth-order valence-electron chi connectivity index (χ4n) is 3.36. The Morgan fingerprint density at radius 3 is 2.67 bits per heavy atom. The number of carbonyl (C=O) groups excluding carboxylic acids is 1. The third-order valence-corrected chi connectivity index (χ3v) is 5.99. The van der Waals surface area contributed by atoms with Gasteiger partial charge < -0.3 is 15.5 Å². The lowest BCUT2D eigenvalue weighted by Gasteiger charge is -2.17. The van der Waals surface area contributed by atoms with Crippen LogP contribution >= 0.6 is 11.3 Å². The zero-order chi connectivity index (χ0) is 23.4. The number of phenols is 1. The number of hydrogen-bond acceptors (Lipinski definition) is 6. The highest BCUT2D eigenvalue weighted by Gasteiger charge is 2.22. The highest BCUT2D eigenvalue weighted by Crippen LogP contribution is 2.38. The Kier molecular flexibility index (Phi) is 6.71. The van der Waals surface area contributed by atoms with Crippen LogP contribution < -0.4 is 5.32 Å². The average molecular weight is 467 g/mol. The lowest BCUT2D eigenvalue weighted by molar-refractivity contribution is 0.0916. The molecule has 0 saturated carbocycles. The average Bonchev–Trinajstić information content (AvgIpc) is 3.28. The lowest BCUT2D eigenvalue weighted by Crippen LogP contribution is -2.39. The summed E-state index contributed by atoms with van der Waals surface area (Å²) >= 11 is 1.06. The van der Waals surface area contributed by atoms with Crippen LogP contribution in [0.1, 0.15) is 16.1 Å². The molecule has 1 atom stereocenters. The molecule has 0 radical (unpaired) electrons. The zero-order valence-corrected chi connectivity index (χ0v) is 18.0. The minimum atomic E-state index is -0.619. The Hall–Kier alpha value is -3.69. The number of hydrogen-bond donors (Lipinski definition) is 3. The number of pyridine rings is 1. The highest BCUT2D eigenvalue weighted by atomic mass is 32.1. The van der Waals surface area contributed by atoms with Crippen LogP contribution in [0, 0.1) is 11.6 Å². The second-order valence-corrected chi connectivity index (χ2v) is 8.26. The molecule has 0 aliphatic rings. The molecule has 2 aromatic carbocycles. The highest BCUT2D eigenvalue weighted by molar-refractivity contribution is 7.18. The second kappa shape index (κ2) is 9.85. The number of thiazole rings is 1. The van der Waals surface area contributed by atoms with Gasteiger partial charge in [-0.3, -0.25) is 9.78 Å². The minimum Gasteiger partial charge on any atom is -0.507 e. The molecule has 4 rings (SSSR count). The maximum atomic E-state index is 14.8. The van der Waals surface area contributed by atoms with E-state index < -0.39 is 23.6 Å². The number of nitrogens with zero attached hydrogens (tertiary/aromatic N) is 2. The van der Waals surface area contributed by atoms with Crippen LogP contribution in [0.5, 0.6) is 5.75 Å². The molecule has 0 aliphatic carbocycles. The van der Waals surface area contributed by atoms with E-state index in [1.807, 2.05) is 6.07 Å². The van der Waals surface area contributed by atoms with Crippen LogP contribution in [-0.2, 0) is 6.42 Å². The van der Waals surface area contributed by atoms with Gasteiger partial charge in [0.05, 0.1) is 28.7 Å². The van der Waals surface area contributed by atoms with E-state index in [-0.39, 0.29) is 23.5 Å². The largest absolute Gasteiger partial charge is 0.507 e. The standard InChI is InChI=1S/C24H19F2N3O3S/c25-14-7-8-17(20(31)10-14)24-28-12-21(33-24)22-18(5-3-6-19(22)26)23(32)29-16(13-30)11-15-4-1-2-9-27-15/h1-10,12,16,30-31H,11,13H2,(H,29,32)/t16-/m1/s1. The van der Waals surface area contributed by atoms with E-state index in [0.717, 1.165) is 17.4 Å². The van der Waals surface area contributed by atoms with Crippen molar-refractivity contribution in [3.8, 4) is 26.8 Å². The van der Waals surface area contributed by atoms with Gasteiger partial charge in [0.2, 0.25) is 0 Å². The van der Waals surface area contributed by atoms with Crippen LogP contribution in [0.4, 0.5) is 8.78 Å². The third-order valence-electron chi connectivity index (χ3n) is 4.94. The van der Waals surface area contributed by atoms with Gasteiger partial charge in [-0.1, -0.05) is 12.1 Å². The molecule has 0 aliphatic heterocycles. The van der Waals surface area contributed by atoms with E-state index in [4.69, 9.17) is 0 Å². The van der Waals surface area contributed by atoms with Crippen LogP contribution in [0.3, 0.4) is 0 Å². The number of amides is 1. The molecule has 4 aromatic rings. The summed E-state index contributed by atoms with van der Waals surface area (Å²) in [5.74, 6) is -2.06. The molecule has 33 heavy (non-hydrogen) atoms. The van der Waals surface area contributed by atoms with Gasteiger partial charge in [0.1, 0.15) is 22.4 Å². The summed E-state index contributed by atoms with van der Waals surface area (Å²) in [6, 6.07) is 12.4. The maximum Gasteiger partial charge on any atom is 0.252 e. The number of aromatic hydroxyl groups is 1. The normalized spacial score (nSPS) is 11.8. The van der Waals surface area contributed by atoms with Crippen molar-refractivity contribution in [2.24, 2.45) is 0 Å². The summed E-state index contributed by atoms with van der Waals surface area (Å²) in [5.41, 5.74) is 1.12. The summed E-state index contributed by atoms with van der Waals surface area (Å²) in [5, 5.41) is 22.8. The molecule has 168 valence electrons. The molecule has 0 saturated heterocycles. The van der Waals surface area contributed by atoms with E-state index in [9.17, 15) is 23.8 Å². The SMILES string of the molecule is O=C(N[C@@H](CO)Cc1ccccn1)c1cccc(F)c1-c1cnc(-c2ccc(F)cc2O)s1. The topological polar surface area (TPSA) is 95.3 Å². The van der Waals surface area contributed by atoms with E-state index in [0.29, 0.717) is 27.6 Å². The third kappa shape index (κ3) is 5.05. The van der Waals surface area contributed by atoms with Gasteiger partial charge >= 0.3 is 0 Å². The number of aliphatic hydroxyl groups excluding tert-OH is 1. The number of aliphatic hydroxyl groups is 1. The van der Waals surface area contributed by atoms with E-state index in [2.05, 4.69) is 15.3 Å². The molecule has 0 unspecified atom stereocenters. The number of phenolic OH excluding ortho intramolecular Hbond substituents is 1. The summed E-state index contributed by atoms with van der Waals surface area (Å²) in [7, 11) is 0. The van der Waals surface area contributed by atoms with Crippen molar-refractivity contribution in [3.05, 3.63) is 89.9 Å². The van der Waals surface area contributed by atoms with Crippen molar-refractivity contribution in [1.29, 1.82) is 0 Å². The number of carbonyl (C=O) groups is 1. The molecule has 0 bridgehead atoms. The number of aromatic nitrogens is 2. The summed E-state index contributed by atoms with van der Waals surface area (Å²) in [6.45, 7) is -0.318. The van der Waals surface area contributed by atoms with E-state index in [1.165, 1.54) is 36.5 Å². The van der Waals surface area contributed by atoms with Gasteiger partial charge in [-0.25, -0.2) is 13.8 Å². The predicted octanol–water partition coefficient (Wildman–Crippen LogP) is 4.19. The Bertz CT molecular complexity index is 1280. The van der Waals surface area contributed by atoms with Crippen LogP contribution in [-0.4, -0.2) is 38.7 Å². The van der Waals surface area contributed by atoms with Crippen molar-refractivity contribution in [2.75, 3.05) is 6.61 Å². The fourth-order valence-corrected chi connectivity index (χ4v) is 4.37. The van der Waals surface area contributed by atoms with Gasteiger partial charge in [0.25, 0.3) is 5.91 Å². The number of rotatable bonds is 7. The predicted molar refractivity (Wildman–Crippen MR) is 121 cm³/mol. The van der Waals surface area contributed by atoms with Crippen molar-refractivity contribution in [3.63, 3.8) is 0 Å². The fraction of sp³-hybridized carbons (Fsp3) is 0.125. The Balaban J connectivity index is 1.62. The van der Waals surface area contributed by atoms with E-state index >= 15 is 0 Å². The lowest BCUT2D eigenvalue weighted by atomic mass is 10.0. The number of benzene rings is 2. The van der Waals surface area contributed by atoms with Crippen LogP contribution in [0.15, 0.2) is 67.0 Å². The smallest absolute Gasteiger partial charge is 0.252 e. The zero-order valence-electron chi connectivity index (χ0n) is 17.2. The van der Waals surface area contributed by atoms with Gasteiger partial charge in [-0.2, -0.15) is 0 Å². The molecule has 2 heterocycles. The van der Waals surface area contributed by atoms with Crippen molar-refractivity contribution < 1.29 is 23.8 Å². The molecular weight excluding hydrogens is 448 g/mol. The first-order valence-corrected chi connectivity index (χ1v) is 10.8. The molecule has 0 fully saturated rings. The van der Waals surface area contributed by atoms with Crippen molar-refractivity contribution >= 4 is 17.2 Å². The molecule has 0 spiro atoms. The Labute approximate surface area is 192 Å². The van der Waals surface area contributed by atoms with Gasteiger partial charge in [-0.15, -0.1) is 11.3 Å². The minimum absolute atomic E-state index is 0.0508. The summed E-state index contributed by atoms with van der Waals surface area (Å²) in [6.07, 6.45) is 3.33. The quantitative estimate of drug-likeness (QED) is 0.379. The van der Waals surface area contributed by atoms with Crippen molar-refractivity contribution in [1.82, 2.24) is 15.3 Å². The Morgan fingerprint density at radius 2 is 1.94 bits per heavy atom. The number of nitrogens with one attached hydrogen (secondary N) is 1. The van der Waals surface area contributed by atoms with Gasteiger partial charge in [-0.05, 0) is 36.4 Å². The first-order valence-electron chi connectivity index (χ1n) is 10.0. The summed E-state index contributed by atoms with van der Waals surface area (Å²) < 4.78 is 28.2. The molecule has 6 nitrogen and oxygen atoms in total. The van der Waals surface area contributed by atoms with Gasteiger partial charge in [0, 0.05) is 36.1 Å². The monoisotopic (exact) mass is 467 g/mol. The molecule has 2 aromatic heterocycles. The van der Waals surface area contributed by atoms with E-state index in [1.54, 1.807) is 18.3 Å². The molecular formula is C24H19F2N3O3S. The molecule has 9 heteroatoms. The Morgan fingerprint density at radius 1 is 1.09 bits per heavy atom.